The van der Waals surface area contributed by atoms with Gasteiger partial charge in [-0.2, -0.15) is 0 Å². The monoisotopic (exact) mass is 1400 g/mol. The Balaban J connectivity index is 0.000000199. The number of hydrogen-bond donors (Lipinski definition) is 0. The number of methoxy groups -OCH3 is 2. The standard InChI is InChI=1S/C37H30Ge2O.C20H24GeO4.C18H20GeO2.CH4/c40-37(38(31-19-7-1-8-20-31,32-21-9-2-10-22-32)33-23-11-3-12-24-33)39(34-25-13-4-14-26-34,35-27-15-5-16-28-35)36-29-17-6-18-30-36;1-5-21(6-2,19(22)15-7-11-17(24-3)12-8-15)20(23)16-9-13-18(25-4)14-10-16;1-3-19(4-2,17(20)15-11-7-5-8-12-15)18(21)16-13-9-6-10-14-16;/h1-30H;7-14H,5-6H2,1-4H3;5-14H,3-4H2,1-2H3;1H4. The van der Waals surface area contributed by atoms with Gasteiger partial charge in [0, 0.05) is 0 Å². The predicted molar refractivity (Wildman–Crippen MR) is 370 cm³/mol. The summed E-state index contributed by atoms with van der Waals surface area (Å²) in [6.45, 7) is 7.91. The zero-order valence-corrected chi connectivity index (χ0v) is 58.3. The normalized spacial score (nSPS) is 11.2. The fourth-order valence-electron chi connectivity index (χ4n) is 12.0. The molecule has 10 rings (SSSR count). The van der Waals surface area contributed by atoms with Gasteiger partial charge in [0.15, 0.2) is 0 Å². The van der Waals surface area contributed by atoms with Crippen molar-refractivity contribution < 1.29 is 33.4 Å². The van der Waals surface area contributed by atoms with Crippen LogP contribution in [0.15, 0.2) is 291 Å². The number of carbonyl (C=O) groups excluding carboxylic acids is 5. The Morgan fingerprint density at radius 1 is 0.264 bits per heavy atom. The van der Waals surface area contributed by atoms with Crippen LogP contribution in [-0.2, 0) is 0 Å². The van der Waals surface area contributed by atoms with Gasteiger partial charge in [0.25, 0.3) is 0 Å². The molecule has 0 aromatic heterocycles. The maximum absolute atomic E-state index is 16.5. The van der Waals surface area contributed by atoms with Crippen molar-refractivity contribution in [3.8, 4) is 11.5 Å². The van der Waals surface area contributed by atoms with E-state index in [0.717, 1.165) is 0 Å². The summed E-state index contributed by atoms with van der Waals surface area (Å²) < 4.78 is 18.1. The fraction of sp³-hybridized carbons (Fsp3) is 0.145. The van der Waals surface area contributed by atoms with E-state index in [1.807, 2.05) is 88.4 Å². The first kappa shape index (κ1) is 66.8. The molecule has 0 saturated carbocycles. The Morgan fingerprint density at radius 2 is 0.437 bits per heavy atom. The van der Waals surface area contributed by atoms with Gasteiger partial charge < -0.3 is 0 Å². The van der Waals surface area contributed by atoms with Gasteiger partial charge in [-0.05, 0) is 0 Å². The Bertz CT molecular complexity index is 3340. The molecule has 0 amide bonds. The molecular formula is C76H78Ge4O7. The molecule has 0 saturated heterocycles. The molecule has 87 heavy (non-hydrogen) atoms. The van der Waals surface area contributed by atoms with Crippen LogP contribution in [0.1, 0.15) is 76.6 Å². The van der Waals surface area contributed by atoms with E-state index >= 15 is 4.79 Å². The zero-order chi connectivity index (χ0) is 61.0. The number of rotatable bonds is 22. The predicted octanol–water partition coefficient (Wildman–Crippen LogP) is 13.9. The van der Waals surface area contributed by atoms with Crippen LogP contribution in [0.25, 0.3) is 0 Å². The molecule has 10 aromatic carbocycles. The minimum absolute atomic E-state index is 0. The van der Waals surface area contributed by atoms with E-state index in [-0.39, 0.29) is 25.9 Å². The molecule has 0 aliphatic heterocycles. The Hall–Kier alpha value is -7.68. The first-order chi connectivity index (χ1) is 42.0. The quantitative estimate of drug-likeness (QED) is 0.0623. The topological polar surface area (TPSA) is 104 Å². The molecule has 11 heteroatoms. The molecule has 0 atom stereocenters. The Kier molecular flexibility index (Phi) is 24.4. The van der Waals surface area contributed by atoms with E-state index in [4.69, 9.17) is 9.47 Å². The van der Waals surface area contributed by atoms with Crippen molar-refractivity contribution in [2.75, 3.05) is 14.2 Å². The Morgan fingerprint density at radius 3 is 0.609 bits per heavy atom. The third-order valence-corrected chi connectivity index (χ3v) is 62.8. The molecule has 7 nitrogen and oxygen atoms in total. The van der Waals surface area contributed by atoms with E-state index in [1.54, 1.807) is 62.8 Å². The van der Waals surface area contributed by atoms with E-state index in [0.29, 0.717) is 58.2 Å². The van der Waals surface area contributed by atoms with Crippen LogP contribution in [0.4, 0.5) is 4.79 Å². The van der Waals surface area contributed by atoms with Gasteiger partial charge in [0.05, 0.1) is 0 Å². The molecule has 0 aliphatic rings. The van der Waals surface area contributed by atoms with Gasteiger partial charge in [-0.25, -0.2) is 0 Å². The van der Waals surface area contributed by atoms with Gasteiger partial charge in [-0.1, -0.05) is 7.43 Å². The molecule has 0 heterocycles. The van der Waals surface area contributed by atoms with Crippen molar-refractivity contribution in [2.24, 2.45) is 0 Å². The molecule has 10 aromatic rings. The first-order valence-corrected chi connectivity index (χ1v) is 47.9. The first-order valence-electron chi connectivity index (χ1n) is 29.4. The van der Waals surface area contributed by atoms with Crippen molar-refractivity contribution in [1.29, 1.82) is 0 Å². The van der Waals surface area contributed by atoms with Crippen LogP contribution >= 0.6 is 0 Å². The van der Waals surface area contributed by atoms with E-state index in [1.165, 1.54) is 26.4 Å². The molecule has 0 bridgehead atoms. The summed E-state index contributed by atoms with van der Waals surface area (Å²) in [4.78, 5) is 69.0. The fourth-order valence-corrected chi connectivity index (χ4v) is 59.3. The molecule has 0 fully saturated rings. The SMILES string of the molecule is C.C[CH2][Ge]([CH2]C)([C](=O)c1ccc(OC)cc1)[C](=O)c1ccc(OC)cc1.C[CH2][Ge]([CH2]C)([C](=O)c1ccccc1)[C](=O)c1ccccc1.O=[C]([Ge]([c]1ccccc1)([c]1ccccc1)[c]1ccccc1)[Ge]([c]1ccccc1)([c]1ccccc1)[c]1ccccc1. The minimum atomic E-state index is -4.05. The second-order valence-electron chi connectivity index (χ2n) is 21.1. The molecule has 0 radical (unpaired) electrons. The van der Waals surface area contributed by atoms with E-state index in [2.05, 4.69) is 182 Å². The van der Waals surface area contributed by atoms with Gasteiger partial charge >= 0.3 is 523 Å². The van der Waals surface area contributed by atoms with Crippen LogP contribution in [0.3, 0.4) is 0 Å². The van der Waals surface area contributed by atoms with Crippen molar-refractivity contribution in [1.82, 2.24) is 0 Å². The summed E-state index contributed by atoms with van der Waals surface area (Å²) >= 11 is -14.9. The van der Waals surface area contributed by atoms with Gasteiger partial charge in [-0.3, -0.25) is 0 Å². The molecule has 0 spiro atoms. The number of ether oxygens (including phenoxy) is 2. The van der Waals surface area contributed by atoms with Crippen LogP contribution in [-0.4, -0.2) is 89.2 Å². The zero-order valence-electron chi connectivity index (χ0n) is 49.9. The third kappa shape index (κ3) is 14.0. The molecular weight excluding hydrogens is 1320 g/mol. The maximum atomic E-state index is 16.5. The molecule has 0 N–H and O–H groups in total. The van der Waals surface area contributed by atoms with Crippen molar-refractivity contribution >= 4 is 101 Å². The summed E-state index contributed by atoms with van der Waals surface area (Å²) in [6.07, 6.45) is 0. The Labute approximate surface area is 525 Å². The average molecular weight is 1390 g/mol. The third-order valence-electron chi connectivity index (χ3n) is 16.9. The van der Waals surface area contributed by atoms with E-state index < -0.39 is 53.1 Å². The van der Waals surface area contributed by atoms with Crippen LogP contribution in [0, 0.1) is 0 Å². The van der Waals surface area contributed by atoms with Gasteiger partial charge in [-0.15, -0.1) is 0 Å². The van der Waals surface area contributed by atoms with Gasteiger partial charge in [0.2, 0.25) is 0 Å². The van der Waals surface area contributed by atoms with Crippen molar-refractivity contribution in [3.05, 3.63) is 313 Å². The number of benzene rings is 10. The second-order valence-corrected chi connectivity index (χ2v) is 57.6. The summed E-state index contributed by atoms with van der Waals surface area (Å²) in [6, 6.07) is 96.5. The summed E-state index contributed by atoms with van der Waals surface area (Å²) in [7, 11) is 3.18. The molecule has 0 unspecified atom stereocenters. The van der Waals surface area contributed by atoms with E-state index in [9.17, 15) is 19.2 Å². The second kappa shape index (κ2) is 31.8. The van der Waals surface area contributed by atoms with Gasteiger partial charge in [0.1, 0.15) is 0 Å². The van der Waals surface area contributed by atoms with Crippen molar-refractivity contribution in [2.45, 2.75) is 56.1 Å². The summed E-state index contributed by atoms with van der Waals surface area (Å²) in [5.41, 5.74) is 2.58. The summed E-state index contributed by atoms with van der Waals surface area (Å²) in [5, 5.41) is 2.65. The van der Waals surface area contributed by atoms with Crippen LogP contribution in [0.5, 0.6) is 11.5 Å². The van der Waals surface area contributed by atoms with Crippen LogP contribution < -0.4 is 35.8 Å². The molecule has 0 aliphatic carbocycles. The average Bonchev–Trinajstić information content (AvgIpc) is 0.735. The van der Waals surface area contributed by atoms with Crippen molar-refractivity contribution in [3.63, 3.8) is 0 Å². The number of carbonyl (C=O) groups is 5. The van der Waals surface area contributed by atoms with Crippen LogP contribution in [0.2, 0.25) is 21.0 Å². The molecule has 440 valence electrons. The number of hydrogen-bond acceptors (Lipinski definition) is 7. The summed E-state index contributed by atoms with van der Waals surface area (Å²) in [5.74, 6) is 1.40.